The third-order valence-electron chi connectivity index (χ3n) is 4.55. The quantitative estimate of drug-likeness (QED) is 0.859. The first-order valence-electron chi connectivity index (χ1n) is 8.48. The van der Waals surface area contributed by atoms with Crippen LogP contribution in [0.4, 0.5) is 4.39 Å². The maximum atomic E-state index is 13.2. The molecule has 138 valence electrons. The molecule has 1 aromatic heterocycles. The van der Waals surface area contributed by atoms with Gasteiger partial charge in [0.2, 0.25) is 0 Å². The number of halogens is 1. The van der Waals surface area contributed by atoms with Gasteiger partial charge in [0, 0.05) is 6.54 Å². The number of ether oxygens (including phenoxy) is 1. The minimum atomic E-state index is -1.09. The fourth-order valence-electron chi connectivity index (χ4n) is 3.22. The van der Waals surface area contributed by atoms with Crippen molar-refractivity contribution in [2.75, 3.05) is 6.61 Å². The molecule has 2 aromatic rings. The molecule has 0 radical (unpaired) electrons. The molecule has 0 aliphatic carbocycles. The highest BCUT2D eigenvalue weighted by Gasteiger charge is 2.27. The molecule has 1 aliphatic rings. The van der Waals surface area contributed by atoms with Crippen LogP contribution >= 0.6 is 0 Å². The lowest BCUT2D eigenvalue weighted by Gasteiger charge is -2.24. The third kappa shape index (κ3) is 3.48. The topological polar surface area (TPSA) is 80.6 Å². The van der Waals surface area contributed by atoms with E-state index in [9.17, 15) is 19.1 Å². The number of fused-ring (bicyclic) bond motifs is 1. The van der Waals surface area contributed by atoms with Gasteiger partial charge in [-0.1, -0.05) is 26.0 Å². The van der Waals surface area contributed by atoms with Crippen LogP contribution in [-0.2, 0) is 17.9 Å². The highest BCUT2D eigenvalue weighted by molar-refractivity contribution is 5.98. The van der Waals surface area contributed by atoms with Gasteiger partial charge in [0.25, 0.3) is 5.91 Å². The lowest BCUT2D eigenvalue weighted by Crippen LogP contribution is -2.34. The van der Waals surface area contributed by atoms with Crippen molar-refractivity contribution in [2.45, 2.75) is 33.0 Å². The Morgan fingerprint density at radius 1 is 1.27 bits per heavy atom. The number of hydrogen-bond donors (Lipinski definition) is 2. The molecule has 2 heterocycles. The second-order valence-corrected chi connectivity index (χ2v) is 6.65. The van der Waals surface area contributed by atoms with Gasteiger partial charge < -0.3 is 19.7 Å². The third-order valence-corrected chi connectivity index (χ3v) is 4.55. The molecule has 26 heavy (non-hydrogen) atoms. The maximum absolute atomic E-state index is 13.2. The van der Waals surface area contributed by atoms with Crippen LogP contribution in [0, 0.1) is 11.7 Å². The molecule has 1 unspecified atom stereocenters. The summed E-state index contributed by atoms with van der Waals surface area (Å²) < 4.78 is 20.2. The van der Waals surface area contributed by atoms with E-state index < -0.39 is 5.97 Å². The molecule has 0 saturated heterocycles. The van der Waals surface area contributed by atoms with Gasteiger partial charge in [-0.2, -0.15) is 0 Å². The molecule has 0 fully saturated rings. The average molecular weight is 360 g/mol. The predicted octanol–water partition coefficient (Wildman–Crippen LogP) is 2.98. The Bertz CT molecular complexity index is 827. The number of carbonyl (C=O) groups is 2. The normalized spacial score (nSPS) is 14.8. The van der Waals surface area contributed by atoms with Crippen molar-refractivity contribution < 1.29 is 23.8 Å². The first-order chi connectivity index (χ1) is 12.4. The molecule has 0 saturated carbocycles. The molecular weight excluding hydrogens is 339 g/mol. The minimum absolute atomic E-state index is 0.0717. The lowest BCUT2D eigenvalue weighted by atomic mass is 9.96. The largest absolute Gasteiger partial charge is 0.478 e. The van der Waals surface area contributed by atoms with Gasteiger partial charge in [0.05, 0.1) is 30.5 Å². The highest BCUT2D eigenvalue weighted by atomic mass is 19.1. The Labute approximate surface area is 150 Å². The lowest BCUT2D eigenvalue weighted by molar-refractivity contribution is 0.0656. The monoisotopic (exact) mass is 360 g/mol. The van der Waals surface area contributed by atoms with Gasteiger partial charge in [-0.15, -0.1) is 0 Å². The van der Waals surface area contributed by atoms with Crippen LogP contribution in [0.2, 0.25) is 0 Å². The zero-order valence-electron chi connectivity index (χ0n) is 14.7. The zero-order valence-corrected chi connectivity index (χ0v) is 14.7. The Morgan fingerprint density at radius 3 is 2.58 bits per heavy atom. The van der Waals surface area contributed by atoms with Gasteiger partial charge in [-0.25, -0.2) is 9.18 Å². The van der Waals surface area contributed by atoms with E-state index in [2.05, 4.69) is 5.32 Å². The van der Waals surface area contributed by atoms with E-state index in [0.717, 1.165) is 5.56 Å². The summed E-state index contributed by atoms with van der Waals surface area (Å²) in [5.41, 5.74) is 1.67. The van der Waals surface area contributed by atoms with Crippen molar-refractivity contribution >= 4 is 11.9 Å². The minimum Gasteiger partial charge on any atom is -0.478 e. The molecule has 1 amide bonds. The van der Waals surface area contributed by atoms with Crippen LogP contribution in [0.25, 0.3) is 0 Å². The van der Waals surface area contributed by atoms with Gasteiger partial charge in [0.15, 0.2) is 0 Å². The molecule has 0 spiro atoms. The van der Waals surface area contributed by atoms with E-state index in [1.54, 1.807) is 16.7 Å². The van der Waals surface area contributed by atoms with E-state index in [-0.39, 0.29) is 35.9 Å². The highest BCUT2D eigenvalue weighted by Crippen LogP contribution is 2.25. The van der Waals surface area contributed by atoms with Gasteiger partial charge in [-0.3, -0.25) is 4.79 Å². The number of nitrogens with one attached hydrogen (secondary N) is 1. The number of carboxylic acid groups (broad SMARTS) is 1. The van der Waals surface area contributed by atoms with E-state index in [0.29, 0.717) is 24.5 Å². The summed E-state index contributed by atoms with van der Waals surface area (Å²) in [6.45, 7) is 4.93. The second kappa shape index (κ2) is 7.29. The van der Waals surface area contributed by atoms with Crippen LogP contribution in [-0.4, -0.2) is 28.2 Å². The first-order valence-corrected chi connectivity index (χ1v) is 8.48. The molecule has 0 bridgehead atoms. The maximum Gasteiger partial charge on any atom is 0.337 e. The van der Waals surface area contributed by atoms with Gasteiger partial charge in [-0.05, 0) is 29.7 Å². The molecule has 3 rings (SSSR count). The number of aromatic nitrogens is 1. The summed E-state index contributed by atoms with van der Waals surface area (Å²) in [5.74, 6) is -1.71. The number of carboxylic acids is 1. The zero-order chi connectivity index (χ0) is 18.8. The van der Waals surface area contributed by atoms with E-state index in [4.69, 9.17) is 4.74 Å². The Balaban J connectivity index is 1.91. The molecule has 1 aromatic carbocycles. The number of nitrogens with zero attached hydrogens (tertiary/aromatic N) is 1. The van der Waals surface area contributed by atoms with E-state index in [1.807, 2.05) is 13.8 Å². The van der Waals surface area contributed by atoms with Crippen molar-refractivity contribution in [1.82, 2.24) is 9.88 Å². The van der Waals surface area contributed by atoms with Crippen LogP contribution in [0.15, 0.2) is 30.3 Å². The number of amides is 1. The van der Waals surface area contributed by atoms with Crippen molar-refractivity contribution in [2.24, 2.45) is 5.92 Å². The molecule has 1 atom stereocenters. The van der Waals surface area contributed by atoms with Gasteiger partial charge in [0.1, 0.15) is 11.5 Å². The second-order valence-electron chi connectivity index (χ2n) is 6.65. The Kier molecular flexibility index (Phi) is 5.08. The fraction of sp³-hybridized carbons (Fsp3) is 0.368. The number of benzene rings is 1. The van der Waals surface area contributed by atoms with Crippen LogP contribution in [0.5, 0.6) is 0 Å². The summed E-state index contributed by atoms with van der Waals surface area (Å²) in [7, 11) is 0. The van der Waals surface area contributed by atoms with Crippen LogP contribution in [0.1, 0.15) is 52.0 Å². The average Bonchev–Trinajstić information content (AvgIpc) is 3.00. The van der Waals surface area contributed by atoms with Crippen molar-refractivity contribution in [3.63, 3.8) is 0 Å². The summed E-state index contributed by atoms with van der Waals surface area (Å²) >= 11 is 0. The Morgan fingerprint density at radius 2 is 1.96 bits per heavy atom. The summed E-state index contributed by atoms with van der Waals surface area (Å²) in [6, 6.07) is 7.08. The van der Waals surface area contributed by atoms with Crippen molar-refractivity contribution in [1.29, 1.82) is 0 Å². The number of carbonyl (C=O) groups excluding carboxylic acids is 1. The molecular formula is C19H21FN2O4. The number of hydrogen-bond acceptors (Lipinski definition) is 3. The standard InChI is InChI=1S/C19H21FN2O4/c1-11(2)17(12-3-5-13(20)6-4-12)21-18(23)15-9-14(19(24)25)16-10-26-8-7-22(15)16/h3-6,9,11,17H,7-8,10H2,1-2H3,(H,21,23)(H,24,25). The van der Waals surface area contributed by atoms with Crippen LogP contribution < -0.4 is 5.32 Å². The fourth-order valence-corrected chi connectivity index (χ4v) is 3.22. The molecule has 6 nitrogen and oxygen atoms in total. The summed E-state index contributed by atoms with van der Waals surface area (Å²) in [5, 5.41) is 12.3. The molecule has 2 N–H and O–H groups in total. The number of aromatic carboxylic acids is 1. The first kappa shape index (κ1) is 18.1. The van der Waals surface area contributed by atoms with Crippen LogP contribution in [0.3, 0.4) is 0 Å². The Hall–Kier alpha value is -2.67. The van der Waals surface area contributed by atoms with E-state index >= 15 is 0 Å². The summed E-state index contributed by atoms with van der Waals surface area (Å²) in [4.78, 5) is 24.3. The van der Waals surface area contributed by atoms with E-state index in [1.165, 1.54) is 18.2 Å². The smallest absolute Gasteiger partial charge is 0.337 e. The molecule has 7 heteroatoms. The molecule has 1 aliphatic heterocycles. The number of rotatable bonds is 5. The SMILES string of the molecule is CC(C)C(NC(=O)c1cc(C(=O)O)c2n1CCOC2)c1ccc(F)cc1. The predicted molar refractivity (Wildman–Crippen MR) is 92.5 cm³/mol. The van der Waals surface area contributed by atoms with Gasteiger partial charge >= 0.3 is 5.97 Å². The van der Waals surface area contributed by atoms with Crippen molar-refractivity contribution in [3.8, 4) is 0 Å². The summed E-state index contributed by atoms with van der Waals surface area (Å²) in [6.07, 6.45) is 0. The van der Waals surface area contributed by atoms with Crippen molar-refractivity contribution in [3.05, 3.63) is 58.7 Å².